The Balaban J connectivity index is 2.16. The molecule has 0 aliphatic rings. The molecule has 4 nitrogen and oxygen atoms in total. The largest absolute Gasteiger partial charge is 0.319 e. The summed E-state index contributed by atoms with van der Waals surface area (Å²) >= 11 is 0. The van der Waals surface area contributed by atoms with Crippen molar-refractivity contribution in [3.05, 3.63) is 83.1 Å². The molecule has 3 heterocycles. The van der Waals surface area contributed by atoms with Crippen LogP contribution in [-0.2, 0) is 7.05 Å². The molecule has 0 radical (unpaired) electrons. The molecule has 134 valence electrons. The molecule has 0 saturated heterocycles. The highest BCUT2D eigenvalue weighted by Gasteiger charge is 2.24. The molecule has 29 heavy (non-hydrogen) atoms. The Bertz CT molecular complexity index is 1740. The first-order chi connectivity index (χ1) is 14.1. The van der Waals surface area contributed by atoms with Crippen LogP contribution in [0, 0.1) is 20.1 Å². The van der Waals surface area contributed by atoms with Gasteiger partial charge in [-0.1, -0.05) is 30.3 Å². The standard InChI is InChI=1S/C25H15N4/c1-14-8-9-18-17-6-5-7-19(27-3)23(17)29-20-13-16(26-2)12-15-10-11-28(4)25(22(15)20)21(14)24(18)29/h5-13H,1,4H3/q+1. The molecule has 4 heteroatoms. The lowest BCUT2D eigenvalue weighted by molar-refractivity contribution is -0.643. The van der Waals surface area contributed by atoms with Crippen molar-refractivity contribution in [2.75, 3.05) is 0 Å². The highest BCUT2D eigenvalue weighted by Crippen LogP contribution is 2.43. The summed E-state index contributed by atoms with van der Waals surface area (Å²) in [6.07, 6.45) is 2.07. The minimum absolute atomic E-state index is 0.610. The van der Waals surface area contributed by atoms with Crippen molar-refractivity contribution >= 4 is 60.4 Å². The van der Waals surface area contributed by atoms with E-state index in [1.165, 1.54) is 10.9 Å². The van der Waals surface area contributed by atoms with E-state index in [-0.39, 0.29) is 0 Å². The van der Waals surface area contributed by atoms with E-state index < -0.39 is 0 Å². The fourth-order valence-electron chi connectivity index (χ4n) is 4.88. The number of fused-ring (bicyclic) bond motifs is 5. The quantitative estimate of drug-likeness (QED) is 0.130. The molecule has 0 N–H and O–H groups in total. The van der Waals surface area contributed by atoms with Gasteiger partial charge in [0.25, 0.3) is 0 Å². The second kappa shape index (κ2) is 5.22. The van der Waals surface area contributed by atoms with Gasteiger partial charge in [-0.2, -0.15) is 0 Å². The molecule has 0 saturated carbocycles. The molecule has 3 aromatic carbocycles. The summed E-state index contributed by atoms with van der Waals surface area (Å²) in [6, 6.07) is 16.2. The van der Waals surface area contributed by atoms with Crippen LogP contribution in [0.4, 0.5) is 11.4 Å². The predicted octanol–water partition coefficient (Wildman–Crippen LogP) is 6.22. The third-order valence-corrected chi connectivity index (χ3v) is 6.07. The zero-order valence-corrected chi connectivity index (χ0v) is 16.0. The van der Waals surface area contributed by atoms with Crippen LogP contribution in [0.2, 0.25) is 0 Å². The van der Waals surface area contributed by atoms with Crippen LogP contribution in [0.1, 0.15) is 5.56 Å². The lowest BCUT2D eigenvalue weighted by atomic mass is 9.99. The zero-order valence-electron chi connectivity index (χ0n) is 16.0. The first kappa shape index (κ1) is 15.9. The van der Waals surface area contributed by atoms with Gasteiger partial charge in [0.2, 0.25) is 11.2 Å². The molecule has 6 rings (SSSR count). The highest BCUT2D eigenvalue weighted by molar-refractivity contribution is 6.27. The van der Waals surface area contributed by atoms with Crippen LogP contribution >= 0.6 is 0 Å². The van der Waals surface area contributed by atoms with E-state index in [9.17, 15) is 0 Å². The number of pyridine rings is 2. The van der Waals surface area contributed by atoms with E-state index in [4.69, 9.17) is 13.1 Å². The molecule has 0 aliphatic heterocycles. The molecule has 3 aromatic heterocycles. The predicted molar refractivity (Wildman–Crippen MR) is 117 cm³/mol. The summed E-state index contributed by atoms with van der Waals surface area (Å²) < 4.78 is 4.38. The van der Waals surface area contributed by atoms with Crippen molar-refractivity contribution in [3.63, 3.8) is 0 Å². The van der Waals surface area contributed by atoms with Gasteiger partial charge in [0.05, 0.1) is 35.0 Å². The molecule has 0 fully saturated rings. The Morgan fingerprint density at radius 1 is 0.897 bits per heavy atom. The van der Waals surface area contributed by atoms with E-state index in [0.717, 1.165) is 43.6 Å². The van der Waals surface area contributed by atoms with Crippen LogP contribution in [-0.4, -0.2) is 4.40 Å². The maximum Gasteiger partial charge on any atom is 0.224 e. The lowest BCUT2D eigenvalue weighted by Crippen LogP contribution is -2.28. The average Bonchev–Trinajstić information content (AvgIpc) is 3.09. The highest BCUT2D eigenvalue weighted by atomic mass is 15.0. The number of nitrogens with zero attached hydrogens (tertiary/aromatic N) is 4. The second-order valence-electron chi connectivity index (χ2n) is 7.59. The maximum absolute atomic E-state index is 7.75. The third-order valence-electron chi connectivity index (χ3n) is 6.07. The number of hydrogen-bond donors (Lipinski definition) is 0. The summed E-state index contributed by atoms with van der Waals surface area (Å²) in [4.78, 5) is 7.54. The summed E-state index contributed by atoms with van der Waals surface area (Å²) in [5.41, 5.74) is 6.63. The van der Waals surface area contributed by atoms with Gasteiger partial charge in [-0.15, -0.1) is 0 Å². The molecule has 0 bridgehead atoms. The van der Waals surface area contributed by atoms with Crippen molar-refractivity contribution in [2.24, 2.45) is 7.05 Å². The van der Waals surface area contributed by atoms with Crippen LogP contribution in [0.15, 0.2) is 54.7 Å². The van der Waals surface area contributed by atoms with Gasteiger partial charge >= 0.3 is 0 Å². The van der Waals surface area contributed by atoms with E-state index in [2.05, 4.69) is 63.1 Å². The first-order valence-corrected chi connectivity index (χ1v) is 9.43. The Morgan fingerprint density at radius 3 is 2.52 bits per heavy atom. The van der Waals surface area contributed by atoms with Gasteiger partial charge in [0.1, 0.15) is 7.05 Å². The van der Waals surface area contributed by atoms with E-state index in [1.807, 2.05) is 24.3 Å². The summed E-state index contributed by atoms with van der Waals surface area (Å²) in [5, 5.41) is 5.59. The molecule has 0 aliphatic carbocycles. The molecule has 0 atom stereocenters. The molecule has 0 amide bonds. The molecular formula is C25H15N4+. The number of aryl methyl sites for hydroxylation is 2. The van der Waals surface area contributed by atoms with Gasteiger partial charge in [0, 0.05) is 17.0 Å². The third kappa shape index (κ3) is 1.79. The van der Waals surface area contributed by atoms with Crippen LogP contribution < -0.4 is 4.57 Å². The van der Waals surface area contributed by atoms with Crippen molar-refractivity contribution in [2.45, 2.75) is 6.92 Å². The molecule has 6 aromatic rings. The minimum Gasteiger partial charge on any atom is -0.319 e. The number of rotatable bonds is 0. The van der Waals surface area contributed by atoms with Gasteiger partial charge < -0.3 is 4.40 Å². The summed E-state index contributed by atoms with van der Waals surface area (Å²) in [6.45, 7) is 17.5. The van der Waals surface area contributed by atoms with E-state index >= 15 is 0 Å². The number of aromatic nitrogens is 2. The van der Waals surface area contributed by atoms with Crippen molar-refractivity contribution in [1.82, 2.24) is 4.40 Å². The van der Waals surface area contributed by atoms with Crippen molar-refractivity contribution in [1.29, 1.82) is 0 Å². The number of para-hydroxylation sites is 1. The van der Waals surface area contributed by atoms with E-state index in [1.54, 1.807) is 0 Å². The SMILES string of the molecule is [C-]#[N+]c1cc2cc[n+](C)c3c4c(C)ccc5c6cccc([N+]#[C-])c6n(c(c1)c23)c54. The van der Waals surface area contributed by atoms with Crippen LogP contribution in [0.5, 0.6) is 0 Å². The Kier molecular flexibility index (Phi) is 2.85. The molecule has 0 unspecified atom stereocenters. The lowest BCUT2D eigenvalue weighted by Gasteiger charge is -2.13. The van der Waals surface area contributed by atoms with Crippen LogP contribution in [0.3, 0.4) is 0 Å². The fourth-order valence-corrected chi connectivity index (χ4v) is 4.88. The normalized spacial score (nSPS) is 11.7. The zero-order chi connectivity index (χ0) is 19.9. The number of benzene rings is 3. The Labute approximate surface area is 166 Å². The minimum atomic E-state index is 0.610. The topological polar surface area (TPSA) is 17.0 Å². The smallest absolute Gasteiger partial charge is 0.224 e. The monoisotopic (exact) mass is 371 g/mol. The summed E-state index contributed by atoms with van der Waals surface area (Å²) in [7, 11) is 2.07. The summed E-state index contributed by atoms with van der Waals surface area (Å²) in [5.74, 6) is 0. The fraction of sp³-hybridized carbons (Fsp3) is 0.0800. The Hall–Kier alpha value is -4.15. The van der Waals surface area contributed by atoms with Gasteiger partial charge in [-0.05, 0) is 35.4 Å². The van der Waals surface area contributed by atoms with Crippen molar-refractivity contribution in [3.8, 4) is 0 Å². The molecular weight excluding hydrogens is 356 g/mol. The van der Waals surface area contributed by atoms with Crippen LogP contribution in [0.25, 0.3) is 58.7 Å². The second-order valence-corrected chi connectivity index (χ2v) is 7.59. The van der Waals surface area contributed by atoms with Gasteiger partial charge in [0.15, 0.2) is 11.9 Å². The van der Waals surface area contributed by atoms with E-state index in [0.29, 0.717) is 11.4 Å². The first-order valence-electron chi connectivity index (χ1n) is 9.43. The maximum atomic E-state index is 7.75. The van der Waals surface area contributed by atoms with Gasteiger partial charge in [-0.3, -0.25) is 0 Å². The van der Waals surface area contributed by atoms with Gasteiger partial charge in [-0.25, -0.2) is 14.3 Å². The number of hydrogen-bond acceptors (Lipinski definition) is 0. The van der Waals surface area contributed by atoms with Crippen molar-refractivity contribution < 1.29 is 4.57 Å². The Morgan fingerprint density at radius 2 is 1.72 bits per heavy atom. The average molecular weight is 371 g/mol. The molecule has 0 spiro atoms.